The number of rotatable bonds is 9. The van der Waals surface area contributed by atoms with Crippen LogP contribution in [0.25, 0.3) is 11.0 Å². The number of thioether (sulfide) groups is 1. The summed E-state index contributed by atoms with van der Waals surface area (Å²) in [5.41, 5.74) is 1.90. The van der Waals surface area contributed by atoms with Crippen LogP contribution in [0.5, 0.6) is 0 Å². The number of amides is 2. The molecule has 1 N–H and O–H groups in total. The van der Waals surface area contributed by atoms with Gasteiger partial charge in [-0.2, -0.15) is 0 Å². The van der Waals surface area contributed by atoms with Gasteiger partial charge in [0, 0.05) is 37.6 Å². The van der Waals surface area contributed by atoms with Crippen molar-refractivity contribution in [3.63, 3.8) is 0 Å². The van der Waals surface area contributed by atoms with Gasteiger partial charge in [-0.1, -0.05) is 30.3 Å². The van der Waals surface area contributed by atoms with E-state index in [2.05, 4.69) is 21.8 Å². The molecule has 2 amide bonds. The first-order chi connectivity index (χ1) is 13.1. The molecule has 0 saturated carbocycles. The lowest BCUT2D eigenvalue weighted by molar-refractivity contribution is -0.127. The topological polar surface area (TPSA) is 67.2 Å². The standard InChI is InChI=1S/C19H25ClN4O2S/c1-2-9-24-16-7-6-14(20)12-15(16)22-19(24)27-13-17(25)21-8-4-11-23-10-3-5-18(23)26/h6-7,12H,2-5,8-11,13H2,1H3,(H,21,25). The second-order valence-electron chi connectivity index (χ2n) is 6.66. The van der Waals surface area contributed by atoms with Gasteiger partial charge in [-0.25, -0.2) is 4.98 Å². The Labute approximate surface area is 168 Å². The molecule has 0 spiro atoms. The van der Waals surface area contributed by atoms with Crippen molar-refractivity contribution in [3.8, 4) is 0 Å². The molecular weight excluding hydrogens is 384 g/mol. The van der Waals surface area contributed by atoms with Crippen molar-refractivity contribution in [2.45, 2.75) is 44.3 Å². The number of hydrogen-bond donors (Lipinski definition) is 1. The van der Waals surface area contributed by atoms with Gasteiger partial charge in [0.15, 0.2) is 5.16 Å². The molecule has 1 fully saturated rings. The SMILES string of the molecule is CCCn1c(SCC(=O)NCCCN2CCCC2=O)nc2cc(Cl)ccc21. The van der Waals surface area contributed by atoms with Crippen molar-refractivity contribution >= 4 is 46.2 Å². The Hall–Kier alpha value is -1.73. The fourth-order valence-corrected chi connectivity index (χ4v) is 4.29. The largest absolute Gasteiger partial charge is 0.355 e. The molecule has 0 radical (unpaired) electrons. The minimum absolute atomic E-state index is 0.0131. The summed E-state index contributed by atoms with van der Waals surface area (Å²) in [4.78, 5) is 30.2. The molecule has 6 nitrogen and oxygen atoms in total. The minimum Gasteiger partial charge on any atom is -0.355 e. The second-order valence-corrected chi connectivity index (χ2v) is 8.03. The molecule has 27 heavy (non-hydrogen) atoms. The lowest BCUT2D eigenvalue weighted by atomic mass is 10.3. The van der Waals surface area contributed by atoms with Crippen molar-refractivity contribution in [2.24, 2.45) is 0 Å². The first-order valence-electron chi connectivity index (χ1n) is 9.41. The molecule has 1 aliphatic rings. The summed E-state index contributed by atoms with van der Waals surface area (Å²) in [6.07, 6.45) is 3.39. The maximum Gasteiger partial charge on any atom is 0.230 e. The van der Waals surface area contributed by atoms with E-state index in [9.17, 15) is 9.59 Å². The van der Waals surface area contributed by atoms with Crippen molar-refractivity contribution in [3.05, 3.63) is 23.2 Å². The van der Waals surface area contributed by atoms with Gasteiger partial charge < -0.3 is 14.8 Å². The van der Waals surface area contributed by atoms with E-state index in [-0.39, 0.29) is 11.8 Å². The fourth-order valence-electron chi connectivity index (χ4n) is 3.25. The molecule has 1 aliphatic heterocycles. The maximum absolute atomic E-state index is 12.1. The predicted octanol–water partition coefficient (Wildman–Crippen LogP) is 3.32. The van der Waals surface area contributed by atoms with Crippen LogP contribution in [0.15, 0.2) is 23.4 Å². The molecule has 146 valence electrons. The predicted molar refractivity (Wildman–Crippen MR) is 109 cm³/mol. The third-order valence-corrected chi connectivity index (χ3v) is 5.76. The summed E-state index contributed by atoms with van der Waals surface area (Å²) >= 11 is 7.51. The third kappa shape index (κ3) is 5.17. The van der Waals surface area contributed by atoms with Gasteiger partial charge in [-0.3, -0.25) is 9.59 Å². The van der Waals surface area contributed by atoms with Crippen molar-refractivity contribution < 1.29 is 9.59 Å². The average molecular weight is 409 g/mol. The maximum atomic E-state index is 12.1. The van der Waals surface area contributed by atoms with E-state index in [1.54, 1.807) is 0 Å². The van der Waals surface area contributed by atoms with Crippen molar-refractivity contribution in [1.29, 1.82) is 0 Å². The summed E-state index contributed by atoms with van der Waals surface area (Å²) in [5.74, 6) is 0.538. The number of aryl methyl sites for hydroxylation is 1. The van der Waals surface area contributed by atoms with Crippen LogP contribution in [0.3, 0.4) is 0 Å². The Morgan fingerprint density at radius 1 is 1.37 bits per heavy atom. The van der Waals surface area contributed by atoms with Crippen LogP contribution in [-0.4, -0.2) is 51.7 Å². The number of carbonyl (C=O) groups is 2. The highest BCUT2D eigenvalue weighted by atomic mass is 35.5. The average Bonchev–Trinajstić information content (AvgIpc) is 3.20. The Morgan fingerprint density at radius 3 is 2.96 bits per heavy atom. The van der Waals surface area contributed by atoms with Gasteiger partial charge in [0.05, 0.1) is 16.8 Å². The normalized spacial score (nSPS) is 14.3. The molecule has 0 aliphatic carbocycles. The highest BCUT2D eigenvalue weighted by Gasteiger charge is 2.19. The monoisotopic (exact) mass is 408 g/mol. The van der Waals surface area contributed by atoms with Crippen LogP contribution in [0, 0.1) is 0 Å². The summed E-state index contributed by atoms with van der Waals surface area (Å²) in [7, 11) is 0. The smallest absolute Gasteiger partial charge is 0.230 e. The van der Waals surface area contributed by atoms with Gasteiger partial charge >= 0.3 is 0 Å². The number of halogens is 1. The lowest BCUT2D eigenvalue weighted by Crippen LogP contribution is -2.31. The van der Waals surface area contributed by atoms with Crippen molar-refractivity contribution in [1.82, 2.24) is 19.8 Å². The van der Waals surface area contributed by atoms with Crippen molar-refractivity contribution in [2.75, 3.05) is 25.4 Å². The Morgan fingerprint density at radius 2 is 2.22 bits per heavy atom. The van der Waals surface area contributed by atoms with E-state index >= 15 is 0 Å². The number of hydrogen-bond acceptors (Lipinski definition) is 4. The molecule has 1 saturated heterocycles. The van der Waals surface area contributed by atoms with Gasteiger partial charge in [0.2, 0.25) is 11.8 Å². The zero-order chi connectivity index (χ0) is 19.2. The number of carbonyl (C=O) groups excluding carboxylic acids is 2. The number of imidazole rings is 1. The summed E-state index contributed by atoms with van der Waals surface area (Å²) in [5, 5.41) is 4.43. The Balaban J connectivity index is 1.49. The first kappa shape index (κ1) is 20.0. The van der Waals surface area contributed by atoms with E-state index in [1.807, 2.05) is 23.1 Å². The summed E-state index contributed by atoms with van der Waals surface area (Å²) in [6.45, 7) is 5.13. The lowest BCUT2D eigenvalue weighted by Gasteiger charge is -2.15. The molecule has 8 heteroatoms. The van der Waals surface area contributed by atoms with E-state index in [4.69, 9.17) is 11.6 Å². The van der Waals surface area contributed by atoms with Gasteiger partial charge in [-0.15, -0.1) is 0 Å². The van der Waals surface area contributed by atoms with Crippen LogP contribution in [-0.2, 0) is 16.1 Å². The number of nitrogens with zero attached hydrogens (tertiary/aromatic N) is 3. The van der Waals surface area contributed by atoms with E-state index in [1.165, 1.54) is 11.8 Å². The molecular formula is C19H25ClN4O2S. The molecule has 2 aromatic rings. The molecule has 3 rings (SSSR count). The molecule has 0 bridgehead atoms. The summed E-state index contributed by atoms with van der Waals surface area (Å²) in [6, 6.07) is 5.70. The Kier molecular flexibility index (Phi) is 7.01. The van der Waals surface area contributed by atoms with Crippen LogP contribution in [0.1, 0.15) is 32.6 Å². The first-order valence-corrected chi connectivity index (χ1v) is 10.8. The van der Waals surface area contributed by atoms with Crippen LogP contribution in [0.4, 0.5) is 0 Å². The molecule has 0 unspecified atom stereocenters. The number of fused-ring (bicyclic) bond motifs is 1. The highest BCUT2D eigenvalue weighted by molar-refractivity contribution is 7.99. The van der Waals surface area contributed by atoms with Gasteiger partial charge in [-0.05, 0) is 37.5 Å². The quantitative estimate of drug-likeness (QED) is 0.510. The molecule has 2 heterocycles. The van der Waals surface area contributed by atoms with E-state index < -0.39 is 0 Å². The number of aromatic nitrogens is 2. The highest BCUT2D eigenvalue weighted by Crippen LogP contribution is 2.26. The molecule has 1 aromatic heterocycles. The second kappa shape index (κ2) is 9.46. The van der Waals surface area contributed by atoms with Gasteiger partial charge in [0.1, 0.15) is 0 Å². The van der Waals surface area contributed by atoms with Crippen LogP contribution in [0.2, 0.25) is 5.02 Å². The van der Waals surface area contributed by atoms with Gasteiger partial charge in [0.25, 0.3) is 0 Å². The third-order valence-electron chi connectivity index (χ3n) is 4.55. The number of likely N-dealkylation sites (tertiary alicyclic amines) is 1. The summed E-state index contributed by atoms with van der Waals surface area (Å²) < 4.78 is 2.14. The number of nitrogens with one attached hydrogen (secondary N) is 1. The van der Waals surface area contributed by atoms with E-state index in [0.29, 0.717) is 23.7 Å². The van der Waals surface area contributed by atoms with E-state index in [0.717, 1.165) is 55.1 Å². The Bertz CT molecular complexity index is 823. The minimum atomic E-state index is -0.0131. The number of benzene rings is 1. The zero-order valence-electron chi connectivity index (χ0n) is 15.5. The van der Waals surface area contributed by atoms with Crippen LogP contribution >= 0.6 is 23.4 Å². The fraction of sp³-hybridized carbons (Fsp3) is 0.526. The zero-order valence-corrected chi connectivity index (χ0v) is 17.1. The molecule has 0 atom stereocenters. The van der Waals surface area contributed by atoms with Crippen LogP contribution < -0.4 is 5.32 Å². The molecule has 1 aromatic carbocycles.